The van der Waals surface area contributed by atoms with E-state index < -0.39 is 11.7 Å². The Kier molecular flexibility index (Phi) is 3.71. The van der Waals surface area contributed by atoms with Gasteiger partial charge in [0.1, 0.15) is 5.60 Å². The molecule has 6 heteroatoms. The van der Waals surface area contributed by atoms with Gasteiger partial charge in [0.2, 0.25) is 5.91 Å². The summed E-state index contributed by atoms with van der Waals surface area (Å²) in [5, 5.41) is 9.65. The highest BCUT2D eigenvalue weighted by Gasteiger charge is 2.39. The van der Waals surface area contributed by atoms with Gasteiger partial charge in [-0.3, -0.25) is 4.79 Å². The van der Waals surface area contributed by atoms with Gasteiger partial charge < -0.3 is 19.6 Å². The molecular weight excluding hydrogens is 248 g/mol. The molecule has 2 aliphatic rings. The zero-order valence-electron chi connectivity index (χ0n) is 11.8. The van der Waals surface area contributed by atoms with E-state index in [0.717, 1.165) is 0 Å². The molecule has 0 saturated carbocycles. The van der Waals surface area contributed by atoms with Gasteiger partial charge in [-0.05, 0) is 27.2 Å². The number of hydrogen-bond donors (Lipinski definition) is 1. The average molecular weight is 270 g/mol. The minimum Gasteiger partial charge on any atom is -0.444 e. The standard InChI is InChI=1S/C13H22N2O4/c1-13(2,3)19-12(18)14-5-4-11(17)15-8-10(16)6-9(15)7-14/h9-10,16H,4-8H2,1-3H3/t9-,10+/m0/s1. The first-order valence-corrected chi connectivity index (χ1v) is 6.72. The molecule has 2 aliphatic heterocycles. The van der Waals surface area contributed by atoms with Crippen molar-refractivity contribution in [2.45, 2.75) is 51.4 Å². The van der Waals surface area contributed by atoms with E-state index >= 15 is 0 Å². The number of nitrogens with zero attached hydrogens (tertiary/aromatic N) is 2. The monoisotopic (exact) mass is 270 g/mol. The van der Waals surface area contributed by atoms with Gasteiger partial charge in [0, 0.05) is 26.1 Å². The van der Waals surface area contributed by atoms with Gasteiger partial charge in [0.05, 0.1) is 12.1 Å². The van der Waals surface area contributed by atoms with Gasteiger partial charge in [0.15, 0.2) is 0 Å². The van der Waals surface area contributed by atoms with Crippen molar-refractivity contribution >= 4 is 12.0 Å². The minimum absolute atomic E-state index is 0.00705. The Morgan fingerprint density at radius 1 is 1.37 bits per heavy atom. The molecular formula is C13H22N2O4. The largest absolute Gasteiger partial charge is 0.444 e. The second-order valence-electron chi connectivity index (χ2n) is 6.27. The van der Waals surface area contributed by atoms with Gasteiger partial charge >= 0.3 is 6.09 Å². The highest BCUT2D eigenvalue weighted by molar-refractivity contribution is 5.79. The van der Waals surface area contributed by atoms with Gasteiger partial charge in [-0.2, -0.15) is 0 Å². The first kappa shape index (κ1) is 14.1. The zero-order valence-corrected chi connectivity index (χ0v) is 11.8. The fourth-order valence-electron chi connectivity index (χ4n) is 2.58. The lowest BCUT2D eigenvalue weighted by Crippen LogP contribution is -2.42. The average Bonchev–Trinajstić information content (AvgIpc) is 2.55. The van der Waals surface area contributed by atoms with Crippen LogP contribution in [0.3, 0.4) is 0 Å². The number of carbonyl (C=O) groups excluding carboxylic acids is 2. The molecule has 19 heavy (non-hydrogen) atoms. The zero-order chi connectivity index (χ0) is 14.2. The number of hydrogen-bond acceptors (Lipinski definition) is 4. The van der Waals surface area contributed by atoms with Gasteiger partial charge in [-0.1, -0.05) is 0 Å². The van der Waals surface area contributed by atoms with Crippen molar-refractivity contribution in [2.75, 3.05) is 19.6 Å². The molecule has 1 N–H and O–H groups in total. The Morgan fingerprint density at radius 3 is 2.68 bits per heavy atom. The second kappa shape index (κ2) is 5.00. The quantitative estimate of drug-likeness (QED) is 0.699. The highest BCUT2D eigenvalue weighted by Crippen LogP contribution is 2.23. The third-order valence-electron chi connectivity index (χ3n) is 3.39. The van der Waals surface area contributed by atoms with Crippen molar-refractivity contribution in [2.24, 2.45) is 0 Å². The summed E-state index contributed by atoms with van der Waals surface area (Å²) in [6, 6.07) is -0.0856. The lowest BCUT2D eigenvalue weighted by molar-refractivity contribution is -0.131. The number of aliphatic hydroxyl groups is 1. The maximum atomic E-state index is 12.1. The van der Waals surface area contributed by atoms with Crippen molar-refractivity contribution in [1.82, 2.24) is 9.80 Å². The van der Waals surface area contributed by atoms with Gasteiger partial charge in [-0.25, -0.2) is 4.79 Å². The van der Waals surface area contributed by atoms with E-state index in [4.69, 9.17) is 4.74 Å². The molecule has 2 rings (SSSR count). The molecule has 108 valence electrons. The van der Waals surface area contributed by atoms with Crippen LogP contribution in [0.4, 0.5) is 4.79 Å². The molecule has 2 amide bonds. The Bertz CT molecular complexity index is 377. The number of amides is 2. The summed E-state index contributed by atoms with van der Waals surface area (Å²) in [5.41, 5.74) is -0.539. The van der Waals surface area contributed by atoms with E-state index in [9.17, 15) is 14.7 Å². The molecule has 6 nitrogen and oxygen atoms in total. The van der Waals surface area contributed by atoms with Crippen LogP contribution >= 0.6 is 0 Å². The predicted octanol–water partition coefficient (Wildman–Crippen LogP) is 0.589. The second-order valence-corrected chi connectivity index (χ2v) is 6.27. The summed E-state index contributed by atoms with van der Waals surface area (Å²) in [6.45, 7) is 6.67. The Morgan fingerprint density at radius 2 is 2.05 bits per heavy atom. The van der Waals surface area contributed by atoms with Crippen LogP contribution < -0.4 is 0 Å². The molecule has 2 saturated heterocycles. The summed E-state index contributed by atoms with van der Waals surface area (Å²) in [6.07, 6.45) is -0.0379. The third kappa shape index (κ3) is 3.37. The highest BCUT2D eigenvalue weighted by atomic mass is 16.6. The van der Waals surface area contributed by atoms with Crippen molar-refractivity contribution in [3.8, 4) is 0 Å². The lowest BCUT2D eigenvalue weighted by Gasteiger charge is -2.28. The molecule has 0 unspecified atom stereocenters. The molecule has 0 radical (unpaired) electrons. The van der Waals surface area contributed by atoms with E-state index in [0.29, 0.717) is 32.5 Å². The van der Waals surface area contributed by atoms with Crippen LogP contribution in [0, 0.1) is 0 Å². The van der Waals surface area contributed by atoms with E-state index in [2.05, 4.69) is 0 Å². The fourth-order valence-corrected chi connectivity index (χ4v) is 2.58. The normalized spacial score (nSPS) is 28.1. The van der Waals surface area contributed by atoms with Crippen LogP contribution in [0.1, 0.15) is 33.6 Å². The summed E-state index contributed by atoms with van der Waals surface area (Å²) >= 11 is 0. The fraction of sp³-hybridized carbons (Fsp3) is 0.846. The maximum Gasteiger partial charge on any atom is 0.410 e. The number of ether oxygens (including phenoxy) is 1. The SMILES string of the molecule is CC(C)(C)OC(=O)N1CCC(=O)N2C[C@H](O)C[C@H]2C1. The van der Waals surface area contributed by atoms with E-state index in [1.807, 2.05) is 20.8 Å². The number of aliphatic hydroxyl groups excluding tert-OH is 1. The van der Waals surface area contributed by atoms with Crippen molar-refractivity contribution in [3.05, 3.63) is 0 Å². The van der Waals surface area contributed by atoms with Crippen molar-refractivity contribution in [3.63, 3.8) is 0 Å². The molecule has 0 bridgehead atoms. The van der Waals surface area contributed by atoms with E-state index in [-0.39, 0.29) is 18.0 Å². The lowest BCUT2D eigenvalue weighted by atomic mass is 10.2. The predicted molar refractivity (Wildman–Crippen MR) is 68.5 cm³/mol. The summed E-state index contributed by atoms with van der Waals surface area (Å²) in [4.78, 5) is 27.3. The Hall–Kier alpha value is -1.30. The number of rotatable bonds is 0. The minimum atomic E-state index is -0.539. The molecule has 2 atom stereocenters. The van der Waals surface area contributed by atoms with Gasteiger partial charge in [0.25, 0.3) is 0 Å². The smallest absolute Gasteiger partial charge is 0.410 e. The van der Waals surface area contributed by atoms with Crippen LogP contribution in [0.15, 0.2) is 0 Å². The third-order valence-corrected chi connectivity index (χ3v) is 3.39. The number of carbonyl (C=O) groups is 2. The van der Waals surface area contributed by atoms with Crippen LogP contribution in [0.2, 0.25) is 0 Å². The van der Waals surface area contributed by atoms with Crippen LogP contribution in [-0.4, -0.2) is 64.3 Å². The molecule has 0 aromatic heterocycles. The van der Waals surface area contributed by atoms with Crippen LogP contribution in [0.5, 0.6) is 0 Å². The summed E-state index contributed by atoms with van der Waals surface area (Å²) < 4.78 is 5.34. The summed E-state index contributed by atoms with van der Waals surface area (Å²) in [7, 11) is 0. The topological polar surface area (TPSA) is 70.1 Å². The maximum absolute atomic E-state index is 12.1. The van der Waals surface area contributed by atoms with Crippen molar-refractivity contribution in [1.29, 1.82) is 0 Å². The van der Waals surface area contributed by atoms with Crippen LogP contribution in [-0.2, 0) is 9.53 Å². The first-order chi connectivity index (χ1) is 8.76. The number of fused-ring (bicyclic) bond motifs is 1. The van der Waals surface area contributed by atoms with Gasteiger partial charge in [-0.15, -0.1) is 0 Å². The van der Waals surface area contributed by atoms with E-state index in [1.165, 1.54) is 0 Å². The van der Waals surface area contributed by atoms with Crippen molar-refractivity contribution < 1.29 is 19.4 Å². The summed E-state index contributed by atoms with van der Waals surface area (Å²) in [5.74, 6) is 0.00705. The Balaban J connectivity index is 2.04. The van der Waals surface area contributed by atoms with E-state index in [1.54, 1.807) is 9.80 Å². The molecule has 0 aliphatic carbocycles. The molecule has 2 fully saturated rings. The first-order valence-electron chi connectivity index (χ1n) is 6.72. The Labute approximate surface area is 113 Å². The molecule has 0 aromatic carbocycles. The molecule has 0 aromatic rings. The molecule has 2 heterocycles. The molecule has 0 spiro atoms. The van der Waals surface area contributed by atoms with Crippen LogP contribution in [0.25, 0.3) is 0 Å².